The molecule has 0 saturated carbocycles. The zero-order chi connectivity index (χ0) is 19.8. The minimum atomic E-state index is -0.328. The summed E-state index contributed by atoms with van der Waals surface area (Å²) in [6.07, 6.45) is 1.18. The average molecular weight is 393 g/mol. The third-order valence-electron chi connectivity index (χ3n) is 5.25. The van der Waals surface area contributed by atoms with Gasteiger partial charge < -0.3 is 19.7 Å². The Morgan fingerprint density at radius 3 is 2.82 bits per heavy atom. The number of halogens is 1. The first kappa shape index (κ1) is 20.9. The number of likely N-dealkylation sites (tertiary alicyclic amines) is 1. The molecule has 3 rings (SSSR count). The molecule has 2 saturated heterocycles. The van der Waals surface area contributed by atoms with Gasteiger partial charge in [-0.15, -0.1) is 0 Å². The molecular formula is C21H33FN4O2. The lowest BCUT2D eigenvalue weighted by Crippen LogP contribution is -2.42. The van der Waals surface area contributed by atoms with Crippen LogP contribution in [0, 0.1) is 11.7 Å². The number of guanidine groups is 1. The second kappa shape index (κ2) is 10.6. The molecule has 1 unspecified atom stereocenters. The summed E-state index contributed by atoms with van der Waals surface area (Å²) >= 11 is 0. The van der Waals surface area contributed by atoms with Gasteiger partial charge in [-0.1, -0.05) is 6.07 Å². The van der Waals surface area contributed by atoms with Crippen molar-refractivity contribution in [1.29, 1.82) is 0 Å². The van der Waals surface area contributed by atoms with E-state index in [9.17, 15) is 4.39 Å². The number of hydrogen-bond acceptors (Lipinski definition) is 4. The van der Waals surface area contributed by atoms with E-state index in [4.69, 9.17) is 14.5 Å². The first-order chi connectivity index (χ1) is 13.7. The predicted molar refractivity (Wildman–Crippen MR) is 109 cm³/mol. The summed E-state index contributed by atoms with van der Waals surface area (Å²) in [5, 5.41) is 3.39. The Bertz CT molecular complexity index is 649. The van der Waals surface area contributed by atoms with Crippen LogP contribution in [-0.4, -0.2) is 74.8 Å². The van der Waals surface area contributed by atoms with Crippen LogP contribution in [-0.2, 0) is 11.3 Å². The van der Waals surface area contributed by atoms with E-state index in [2.05, 4.69) is 22.0 Å². The summed E-state index contributed by atoms with van der Waals surface area (Å²) in [5.74, 6) is 1.55. The number of hydrogen-bond donors (Lipinski definition) is 1. The molecule has 1 aromatic carbocycles. The van der Waals surface area contributed by atoms with Gasteiger partial charge in [-0.25, -0.2) is 9.38 Å². The Hall–Kier alpha value is -1.86. The molecular weight excluding hydrogens is 359 g/mol. The van der Waals surface area contributed by atoms with E-state index in [1.165, 1.54) is 12.5 Å². The van der Waals surface area contributed by atoms with Crippen molar-refractivity contribution in [2.45, 2.75) is 26.8 Å². The quantitative estimate of drug-likeness (QED) is 0.570. The van der Waals surface area contributed by atoms with E-state index < -0.39 is 0 Å². The van der Waals surface area contributed by atoms with Crippen molar-refractivity contribution >= 4 is 5.96 Å². The van der Waals surface area contributed by atoms with Gasteiger partial charge in [-0.2, -0.15) is 0 Å². The molecule has 2 heterocycles. The molecule has 0 spiro atoms. The van der Waals surface area contributed by atoms with Crippen molar-refractivity contribution < 1.29 is 13.9 Å². The van der Waals surface area contributed by atoms with Crippen molar-refractivity contribution in [2.75, 3.05) is 59.1 Å². The second-order valence-electron chi connectivity index (χ2n) is 7.38. The van der Waals surface area contributed by atoms with Crippen LogP contribution in [0.1, 0.15) is 25.8 Å². The number of morpholine rings is 1. The number of benzene rings is 1. The van der Waals surface area contributed by atoms with Gasteiger partial charge in [0.1, 0.15) is 0 Å². The molecule has 2 fully saturated rings. The molecule has 7 heteroatoms. The number of ether oxygens (including phenoxy) is 2. The lowest BCUT2D eigenvalue weighted by molar-refractivity contribution is 0.0315. The van der Waals surface area contributed by atoms with Crippen LogP contribution in [0.25, 0.3) is 0 Å². The van der Waals surface area contributed by atoms with Gasteiger partial charge in [0.2, 0.25) is 0 Å². The summed E-state index contributed by atoms with van der Waals surface area (Å²) in [6.45, 7) is 12.6. The van der Waals surface area contributed by atoms with Crippen LogP contribution in [0.2, 0.25) is 0 Å². The summed E-state index contributed by atoms with van der Waals surface area (Å²) in [4.78, 5) is 9.59. The molecule has 0 bridgehead atoms. The molecule has 0 aliphatic carbocycles. The number of nitrogens with zero attached hydrogens (tertiary/aromatic N) is 3. The molecule has 1 N–H and O–H groups in total. The maximum atomic E-state index is 14.1. The first-order valence-electron chi connectivity index (χ1n) is 10.4. The Kier molecular flexibility index (Phi) is 7.91. The van der Waals surface area contributed by atoms with Gasteiger partial charge in [0, 0.05) is 39.3 Å². The van der Waals surface area contributed by atoms with Crippen molar-refractivity contribution in [3.8, 4) is 5.75 Å². The Morgan fingerprint density at radius 1 is 1.29 bits per heavy atom. The van der Waals surface area contributed by atoms with E-state index in [0.717, 1.165) is 64.0 Å². The van der Waals surface area contributed by atoms with Crippen LogP contribution in [0.15, 0.2) is 23.2 Å². The van der Waals surface area contributed by atoms with Crippen LogP contribution >= 0.6 is 0 Å². The summed E-state index contributed by atoms with van der Waals surface area (Å²) < 4.78 is 24.8. The molecule has 156 valence electrons. The van der Waals surface area contributed by atoms with E-state index in [0.29, 0.717) is 24.8 Å². The lowest BCUT2D eigenvalue weighted by Gasteiger charge is -2.29. The molecule has 0 radical (unpaired) electrons. The van der Waals surface area contributed by atoms with Crippen LogP contribution in [0.4, 0.5) is 4.39 Å². The largest absolute Gasteiger partial charge is 0.491 e. The molecule has 0 amide bonds. The molecule has 1 aromatic rings. The summed E-state index contributed by atoms with van der Waals surface area (Å²) in [7, 11) is 0. The second-order valence-corrected chi connectivity index (χ2v) is 7.38. The maximum Gasteiger partial charge on any atom is 0.194 e. The van der Waals surface area contributed by atoms with E-state index in [-0.39, 0.29) is 5.82 Å². The monoisotopic (exact) mass is 392 g/mol. The van der Waals surface area contributed by atoms with Gasteiger partial charge in [-0.05, 0) is 43.9 Å². The smallest absolute Gasteiger partial charge is 0.194 e. The summed E-state index contributed by atoms with van der Waals surface area (Å²) in [5.41, 5.74) is 0.848. The Morgan fingerprint density at radius 2 is 2.11 bits per heavy atom. The standard InChI is InChI=1S/C21H33FN4O2/c1-3-23-21(24-14-17-5-6-20(28-4-2)19(22)13-17)26-8-7-18(16-26)15-25-9-11-27-12-10-25/h5-6,13,18H,3-4,7-12,14-16H2,1-2H3,(H,23,24). The van der Waals surface area contributed by atoms with Crippen molar-refractivity contribution in [3.63, 3.8) is 0 Å². The SMILES string of the molecule is CCNC(=NCc1ccc(OCC)c(F)c1)N1CCC(CN2CCOCC2)C1. The van der Waals surface area contributed by atoms with Crippen molar-refractivity contribution in [3.05, 3.63) is 29.6 Å². The highest BCUT2D eigenvalue weighted by Crippen LogP contribution is 2.20. The Balaban J connectivity index is 1.57. The lowest BCUT2D eigenvalue weighted by atomic mass is 10.1. The molecule has 28 heavy (non-hydrogen) atoms. The normalized spacial score (nSPS) is 21.2. The van der Waals surface area contributed by atoms with Crippen molar-refractivity contribution in [2.24, 2.45) is 10.9 Å². The van der Waals surface area contributed by atoms with Crippen LogP contribution in [0.3, 0.4) is 0 Å². The molecule has 2 aliphatic rings. The zero-order valence-corrected chi connectivity index (χ0v) is 17.1. The van der Waals surface area contributed by atoms with Gasteiger partial charge in [0.15, 0.2) is 17.5 Å². The third-order valence-corrected chi connectivity index (χ3v) is 5.25. The predicted octanol–water partition coefficient (Wildman–Crippen LogP) is 2.34. The molecule has 1 atom stereocenters. The number of aliphatic imine (C=N–C) groups is 1. The number of rotatable bonds is 7. The fourth-order valence-electron chi connectivity index (χ4n) is 3.83. The molecule has 2 aliphatic heterocycles. The first-order valence-corrected chi connectivity index (χ1v) is 10.4. The Labute approximate surface area is 167 Å². The minimum absolute atomic E-state index is 0.299. The highest BCUT2D eigenvalue weighted by atomic mass is 19.1. The highest BCUT2D eigenvalue weighted by Gasteiger charge is 2.27. The summed E-state index contributed by atoms with van der Waals surface area (Å²) in [6, 6.07) is 5.08. The average Bonchev–Trinajstić information content (AvgIpc) is 3.16. The van der Waals surface area contributed by atoms with Crippen molar-refractivity contribution in [1.82, 2.24) is 15.1 Å². The maximum absolute atomic E-state index is 14.1. The topological polar surface area (TPSA) is 49.3 Å². The van der Waals surface area contributed by atoms with Crippen LogP contribution < -0.4 is 10.1 Å². The minimum Gasteiger partial charge on any atom is -0.491 e. The molecule has 0 aromatic heterocycles. The third kappa shape index (κ3) is 5.82. The fourth-order valence-corrected chi connectivity index (χ4v) is 3.83. The van der Waals surface area contributed by atoms with Gasteiger partial charge in [-0.3, -0.25) is 4.90 Å². The van der Waals surface area contributed by atoms with Gasteiger partial charge in [0.05, 0.1) is 26.4 Å². The van der Waals surface area contributed by atoms with E-state index in [1.54, 1.807) is 6.07 Å². The fraction of sp³-hybridized carbons (Fsp3) is 0.667. The van der Waals surface area contributed by atoms with E-state index >= 15 is 0 Å². The van der Waals surface area contributed by atoms with Crippen LogP contribution in [0.5, 0.6) is 5.75 Å². The zero-order valence-electron chi connectivity index (χ0n) is 17.1. The van der Waals surface area contributed by atoms with E-state index in [1.807, 2.05) is 13.0 Å². The van der Waals surface area contributed by atoms with Gasteiger partial charge >= 0.3 is 0 Å². The molecule has 6 nitrogen and oxygen atoms in total. The number of nitrogens with one attached hydrogen (secondary N) is 1. The van der Waals surface area contributed by atoms with Gasteiger partial charge in [0.25, 0.3) is 0 Å². The highest BCUT2D eigenvalue weighted by molar-refractivity contribution is 5.80.